The SMILES string of the molecule is O=C(NNCc1ccccc1O)c1[nH]c2ccc(Br)cc2c1-c1ccccc1. The summed E-state index contributed by atoms with van der Waals surface area (Å²) in [5.74, 6) is -0.0914. The molecule has 0 unspecified atom stereocenters. The maximum absolute atomic E-state index is 12.9. The molecule has 3 aromatic carbocycles. The van der Waals surface area contributed by atoms with Crippen molar-refractivity contribution in [2.45, 2.75) is 6.54 Å². The van der Waals surface area contributed by atoms with Crippen LogP contribution in [0.5, 0.6) is 5.75 Å². The molecule has 0 bridgehead atoms. The molecule has 0 fully saturated rings. The number of aromatic hydroxyl groups is 1. The number of H-pyrrole nitrogens is 1. The molecule has 0 saturated heterocycles. The molecule has 1 amide bonds. The number of aromatic amines is 1. The van der Waals surface area contributed by atoms with Crippen LogP contribution in [0.4, 0.5) is 0 Å². The zero-order valence-corrected chi connectivity index (χ0v) is 16.5. The Morgan fingerprint density at radius 2 is 1.75 bits per heavy atom. The number of benzene rings is 3. The maximum atomic E-state index is 12.9. The number of carbonyl (C=O) groups excluding carboxylic acids is 1. The molecule has 0 saturated carbocycles. The van der Waals surface area contributed by atoms with Gasteiger partial charge < -0.3 is 10.1 Å². The lowest BCUT2D eigenvalue weighted by Crippen LogP contribution is -2.37. The highest BCUT2D eigenvalue weighted by molar-refractivity contribution is 9.10. The normalized spacial score (nSPS) is 10.9. The van der Waals surface area contributed by atoms with Crippen molar-refractivity contribution in [2.75, 3.05) is 0 Å². The predicted molar refractivity (Wildman–Crippen MR) is 114 cm³/mol. The number of phenolic OH excluding ortho intramolecular Hbond substituents is 1. The average molecular weight is 436 g/mol. The molecule has 4 aromatic rings. The number of phenols is 1. The molecule has 6 heteroatoms. The Morgan fingerprint density at radius 3 is 2.54 bits per heavy atom. The Bertz CT molecular complexity index is 1140. The monoisotopic (exact) mass is 435 g/mol. The molecule has 0 aliphatic carbocycles. The highest BCUT2D eigenvalue weighted by atomic mass is 79.9. The van der Waals surface area contributed by atoms with Gasteiger partial charge in [0, 0.05) is 33.0 Å². The molecule has 0 aliphatic rings. The van der Waals surface area contributed by atoms with Crippen LogP contribution in [0, 0.1) is 0 Å². The molecule has 5 nitrogen and oxygen atoms in total. The molecule has 1 aromatic heterocycles. The molecule has 140 valence electrons. The first-order valence-electron chi connectivity index (χ1n) is 8.80. The number of fused-ring (bicyclic) bond motifs is 1. The molecule has 28 heavy (non-hydrogen) atoms. The number of aromatic nitrogens is 1. The molecule has 4 rings (SSSR count). The Morgan fingerprint density at radius 1 is 1.00 bits per heavy atom. The zero-order valence-electron chi connectivity index (χ0n) is 14.9. The molecule has 0 spiro atoms. The number of hydrogen-bond acceptors (Lipinski definition) is 3. The second-order valence-corrected chi connectivity index (χ2v) is 7.28. The Kier molecular flexibility index (Phi) is 5.14. The topological polar surface area (TPSA) is 77.2 Å². The third-order valence-corrected chi connectivity index (χ3v) is 5.02. The van der Waals surface area contributed by atoms with Crippen LogP contribution >= 0.6 is 15.9 Å². The van der Waals surface area contributed by atoms with Gasteiger partial charge in [0.25, 0.3) is 5.91 Å². The lowest BCUT2D eigenvalue weighted by Gasteiger charge is -2.09. The van der Waals surface area contributed by atoms with Crippen molar-refractivity contribution in [3.8, 4) is 16.9 Å². The quantitative estimate of drug-likeness (QED) is 0.342. The second kappa shape index (κ2) is 7.88. The van der Waals surface area contributed by atoms with E-state index in [1.54, 1.807) is 18.2 Å². The van der Waals surface area contributed by atoms with Crippen LogP contribution in [-0.4, -0.2) is 16.0 Å². The van der Waals surface area contributed by atoms with Crippen LogP contribution in [-0.2, 0) is 6.54 Å². The number of para-hydroxylation sites is 1. The van der Waals surface area contributed by atoms with Gasteiger partial charge in [-0.15, -0.1) is 0 Å². The van der Waals surface area contributed by atoms with E-state index in [0.29, 0.717) is 17.8 Å². The van der Waals surface area contributed by atoms with E-state index in [9.17, 15) is 9.90 Å². The number of hydrogen-bond donors (Lipinski definition) is 4. The summed E-state index contributed by atoms with van der Waals surface area (Å²) >= 11 is 3.51. The highest BCUT2D eigenvalue weighted by Gasteiger charge is 2.19. The summed E-state index contributed by atoms with van der Waals surface area (Å²) in [6.45, 7) is 0.310. The number of hydrazine groups is 1. The lowest BCUT2D eigenvalue weighted by molar-refractivity contribution is 0.0928. The largest absolute Gasteiger partial charge is 0.508 e. The van der Waals surface area contributed by atoms with Gasteiger partial charge in [0.15, 0.2) is 0 Å². The second-order valence-electron chi connectivity index (χ2n) is 6.37. The summed E-state index contributed by atoms with van der Waals surface area (Å²) in [5, 5.41) is 10.8. The van der Waals surface area contributed by atoms with Crippen molar-refractivity contribution in [3.05, 3.63) is 88.5 Å². The predicted octanol–water partition coefficient (Wildman–Crippen LogP) is 4.74. The molecule has 0 atom stereocenters. The first-order chi connectivity index (χ1) is 13.6. The third kappa shape index (κ3) is 3.65. The summed E-state index contributed by atoms with van der Waals surface area (Å²) in [4.78, 5) is 16.1. The maximum Gasteiger partial charge on any atom is 0.282 e. The standard InChI is InChI=1S/C22H18BrN3O2/c23-16-10-11-18-17(12-16)20(14-6-2-1-3-7-14)21(25-18)22(28)26-24-13-15-8-4-5-9-19(15)27/h1-12,24-25,27H,13H2,(H,26,28). The molecule has 1 heterocycles. The van der Waals surface area contributed by atoms with Crippen LogP contribution in [0.3, 0.4) is 0 Å². The van der Waals surface area contributed by atoms with Crippen LogP contribution in [0.15, 0.2) is 77.3 Å². The zero-order chi connectivity index (χ0) is 19.5. The van der Waals surface area contributed by atoms with Crippen molar-refractivity contribution in [1.29, 1.82) is 0 Å². The fraction of sp³-hybridized carbons (Fsp3) is 0.0455. The van der Waals surface area contributed by atoms with E-state index in [2.05, 4.69) is 31.8 Å². The van der Waals surface area contributed by atoms with Gasteiger partial charge in [0.1, 0.15) is 11.4 Å². The van der Waals surface area contributed by atoms with E-state index >= 15 is 0 Å². The molecule has 4 N–H and O–H groups in total. The van der Waals surface area contributed by atoms with Gasteiger partial charge in [-0.1, -0.05) is 64.5 Å². The smallest absolute Gasteiger partial charge is 0.282 e. The van der Waals surface area contributed by atoms with E-state index in [4.69, 9.17) is 0 Å². The van der Waals surface area contributed by atoms with Gasteiger partial charge in [0.2, 0.25) is 0 Å². The van der Waals surface area contributed by atoms with Crippen molar-refractivity contribution >= 4 is 32.7 Å². The van der Waals surface area contributed by atoms with E-state index in [1.807, 2.05) is 54.6 Å². The van der Waals surface area contributed by atoms with Crippen molar-refractivity contribution in [2.24, 2.45) is 0 Å². The van der Waals surface area contributed by atoms with Gasteiger partial charge >= 0.3 is 0 Å². The van der Waals surface area contributed by atoms with E-state index in [-0.39, 0.29) is 11.7 Å². The fourth-order valence-electron chi connectivity index (χ4n) is 3.18. The molecular weight excluding hydrogens is 418 g/mol. The van der Waals surface area contributed by atoms with E-state index in [0.717, 1.165) is 26.5 Å². The Hall–Kier alpha value is -3.09. The fourth-order valence-corrected chi connectivity index (χ4v) is 3.54. The molecule has 0 radical (unpaired) electrons. The number of rotatable bonds is 5. The average Bonchev–Trinajstić information content (AvgIpc) is 3.08. The first kappa shape index (κ1) is 18.3. The number of halogens is 1. The molecular formula is C22H18BrN3O2. The summed E-state index contributed by atoms with van der Waals surface area (Å²) in [5.41, 5.74) is 9.46. The van der Waals surface area contributed by atoms with E-state index in [1.165, 1.54) is 0 Å². The van der Waals surface area contributed by atoms with E-state index < -0.39 is 0 Å². The van der Waals surface area contributed by atoms with Gasteiger partial charge in [-0.3, -0.25) is 10.2 Å². The van der Waals surface area contributed by atoms with Crippen molar-refractivity contribution in [1.82, 2.24) is 15.8 Å². The third-order valence-electron chi connectivity index (χ3n) is 4.52. The van der Waals surface area contributed by atoms with Crippen LogP contribution < -0.4 is 10.9 Å². The van der Waals surface area contributed by atoms with Gasteiger partial charge in [-0.2, -0.15) is 0 Å². The Balaban J connectivity index is 1.64. The summed E-state index contributed by atoms with van der Waals surface area (Å²) in [7, 11) is 0. The lowest BCUT2D eigenvalue weighted by atomic mass is 10.0. The van der Waals surface area contributed by atoms with Gasteiger partial charge in [0.05, 0.1) is 0 Å². The van der Waals surface area contributed by atoms with Gasteiger partial charge in [-0.05, 0) is 29.8 Å². The number of nitrogens with one attached hydrogen (secondary N) is 3. The van der Waals surface area contributed by atoms with Gasteiger partial charge in [-0.25, -0.2) is 5.43 Å². The number of carbonyl (C=O) groups is 1. The van der Waals surface area contributed by atoms with Crippen LogP contribution in [0.2, 0.25) is 0 Å². The molecule has 0 aliphatic heterocycles. The summed E-state index contributed by atoms with van der Waals surface area (Å²) in [6.07, 6.45) is 0. The van der Waals surface area contributed by atoms with Crippen LogP contribution in [0.25, 0.3) is 22.0 Å². The number of amides is 1. The minimum atomic E-state index is -0.276. The summed E-state index contributed by atoms with van der Waals surface area (Å²) < 4.78 is 0.945. The minimum Gasteiger partial charge on any atom is -0.508 e. The van der Waals surface area contributed by atoms with Crippen LogP contribution in [0.1, 0.15) is 16.1 Å². The first-order valence-corrected chi connectivity index (χ1v) is 9.59. The Labute approximate surface area is 170 Å². The van der Waals surface area contributed by atoms with Crippen molar-refractivity contribution < 1.29 is 9.90 Å². The van der Waals surface area contributed by atoms with Crippen molar-refractivity contribution in [3.63, 3.8) is 0 Å². The minimum absolute atomic E-state index is 0.185. The summed E-state index contributed by atoms with van der Waals surface area (Å²) in [6, 6.07) is 22.7. The highest BCUT2D eigenvalue weighted by Crippen LogP contribution is 2.34.